The summed E-state index contributed by atoms with van der Waals surface area (Å²) in [5.41, 5.74) is 0.113. The van der Waals surface area contributed by atoms with Crippen molar-refractivity contribution in [3.63, 3.8) is 0 Å². The van der Waals surface area contributed by atoms with E-state index in [9.17, 15) is 19.7 Å². The van der Waals surface area contributed by atoms with Crippen LogP contribution in [0.5, 0.6) is 0 Å². The number of non-ortho nitro benzene ring substituents is 1. The molecule has 2 rings (SSSR count). The van der Waals surface area contributed by atoms with Gasteiger partial charge < -0.3 is 20.4 Å². The number of nitrogens with one attached hydrogen (secondary N) is 3. The number of nitrogens with zero attached hydrogens (tertiary/aromatic N) is 1. The number of rotatable bonds is 6. The topological polar surface area (TPSA) is 127 Å². The van der Waals surface area contributed by atoms with Gasteiger partial charge in [-0.2, -0.15) is 0 Å². The molecule has 0 spiro atoms. The van der Waals surface area contributed by atoms with Crippen LogP contribution in [0, 0.1) is 10.1 Å². The van der Waals surface area contributed by atoms with Gasteiger partial charge in [0.25, 0.3) is 5.69 Å². The monoisotopic (exact) mass is 332 g/mol. The number of urea groups is 1. The molecule has 0 aliphatic heterocycles. The number of carbonyl (C=O) groups excluding carboxylic acids is 2. The van der Waals surface area contributed by atoms with Gasteiger partial charge in [-0.05, 0) is 25.1 Å². The Morgan fingerprint density at radius 3 is 2.75 bits per heavy atom. The highest BCUT2D eigenvalue weighted by molar-refractivity contribution is 5.93. The summed E-state index contributed by atoms with van der Waals surface area (Å²) in [6, 6.07) is 7.48. The van der Waals surface area contributed by atoms with Gasteiger partial charge >= 0.3 is 6.03 Å². The van der Waals surface area contributed by atoms with Crippen LogP contribution < -0.4 is 16.0 Å². The molecule has 1 atom stereocenters. The standard InChI is InChI=1S/C15H16N4O5/c1-10(14(20)16-9-13-6-3-7-24-13)17-15(21)18-11-4-2-5-12(8-11)19(22)23/h2-8,10H,9H2,1H3,(H,16,20)(H2,17,18,21)/t10-/m1/s1. The van der Waals surface area contributed by atoms with E-state index >= 15 is 0 Å². The van der Waals surface area contributed by atoms with Crippen LogP contribution in [0.15, 0.2) is 47.1 Å². The number of carbonyl (C=O) groups is 2. The van der Waals surface area contributed by atoms with Crippen LogP contribution >= 0.6 is 0 Å². The van der Waals surface area contributed by atoms with Crippen molar-refractivity contribution in [2.75, 3.05) is 5.32 Å². The Balaban J connectivity index is 1.83. The minimum absolute atomic E-state index is 0.142. The molecule has 0 bridgehead atoms. The third-order valence-corrected chi connectivity index (χ3v) is 3.07. The number of hydrogen-bond donors (Lipinski definition) is 3. The maximum absolute atomic E-state index is 11.9. The molecule has 0 unspecified atom stereocenters. The highest BCUT2D eigenvalue weighted by Crippen LogP contribution is 2.16. The second-order valence-electron chi connectivity index (χ2n) is 4.92. The van der Waals surface area contributed by atoms with Crippen LogP contribution in [0.3, 0.4) is 0 Å². The van der Waals surface area contributed by atoms with Crippen molar-refractivity contribution in [2.45, 2.75) is 19.5 Å². The molecule has 0 saturated carbocycles. The summed E-state index contributed by atoms with van der Waals surface area (Å²) in [4.78, 5) is 33.9. The first-order valence-corrected chi connectivity index (χ1v) is 7.08. The lowest BCUT2D eigenvalue weighted by atomic mass is 10.3. The molecule has 126 valence electrons. The lowest BCUT2D eigenvalue weighted by Crippen LogP contribution is -2.46. The lowest BCUT2D eigenvalue weighted by Gasteiger charge is -2.14. The highest BCUT2D eigenvalue weighted by Gasteiger charge is 2.16. The minimum atomic E-state index is -0.793. The van der Waals surface area contributed by atoms with Gasteiger partial charge in [-0.3, -0.25) is 14.9 Å². The zero-order valence-corrected chi connectivity index (χ0v) is 12.8. The largest absolute Gasteiger partial charge is 0.467 e. The summed E-state index contributed by atoms with van der Waals surface area (Å²) in [5, 5.41) is 18.2. The summed E-state index contributed by atoms with van der Waals surface area (Å²) in [6.07, 6.45) is 1.50. The molecule has 0 radical (unpaired) electrons. The summed E-state index contributed by atoms with van der Waals surface area (Å²) < 4.78 is 5.08. The highest BCUT2D eigenvalue weighted by atomic mass is 16.6. The number of nitro benzene ring substituents is 1. The minimum Gasteiger partial charge on any atom is -0.467 e. The summed E-state index contributed by atoms with van der Waals surface area (Å²) in [6.45, 7) is 1.73. The normalized spacial score (nSPS) is 11.4. The zero-order chi connectivity index (χ0) is 17.5. The fraction of sp³-hybridized carbons (Fsp3) is 0.200. The van der Waals surface area contributed by atoms with E-state index in [4.69, 9.17) is 4.42 Å². The Bertz CT molecular complexity index is 729. The van der Waals surface area contributed by atoms with Gasteiger partial charge in [-0.25, -0.2) is 4.79 Å². The Kier molecular flexibility index (Phi) is 5.50. The van der Waals surface area contributed by atoms with Crippen molar-refractivity contribution < 1.29 is 18.9 Å². The molecule has 0 fully saturated rings. The molecule has 1 aromatic heterocycles. The quantitative estimate of drug-likeness (QED) is 0.551. The van der Waals surface area contributed by atoms with Crippen molar-refractivity contribution in [3.05, 3.63) is 58.5 Å². The third kappa shape index (κ3) is 4.83. The molecular weight excluding hydrogens is 316 g/mol. The van der Waals surface area contributed by atoms with Gasteiger partial charge in [0.1, 0.15) is 11.8 Å². The van der Waals surface area contributed by atoms with Gasteiger partial charge in [-0.1, -0.05) is 6.07 Å². The molecule has 24 heavy (non-hydrogen) atoms. The zero-order valence-electron chi connectivity index (χ0n) is 12.8. The van der Waals surface area contributed by atoms with Crippen molar-refractivity contribution >= 4 is 23.3 Å². The Labute approximate surface area is 137 Å². The van der Waals surface area contributed by atoms with Gasteiger partial charge in [-0.15, -0.1) is 0 Å². The van der Waals surface area contributed by atoms with E-state index in [1.807, 2.05) is 0 Å². The van der Waals surface area contributed by atoms with E-state index in [1.165, 1.54) is 37.5 Å². The van der Waals surface area contributed by atoms with Crippen LogP contribution in [0.25, 0.3) is 0 Å². The van der Waals surface area contributed by atoms with E-state index < -0.39 is 17.0 Å². The second-order valence-corrected chi connectivity index (χ2v) is 4.92. The van der Waals surface area contributed by atoms with Gasteiger partial charge in [0.2, 0.25) is 5.91 Å². The summed E-state index contributed by atoms with van der Waals surface area (Å²) in [7, 11) is 0. The van der Waals surface area contributed by atoms with E-state index in [1.54, 1.807) is 12.1 Å². The van der Waals surface area contributed by atoms with Crippen LogP contribution in [-0.2, 0) is 11.3 Å². The number of nitro groups is 1. The SMILES string of the molecule is C[C@@H](NC(=O)Nc1cccc([N+](=O)[O-])c1)C(=O)NCc1ccco1. The second kappa shape index (κ2) is 7.77. The molecule has 3 N–H and O–H groups in total. The first-order valence-electron chi connectivity index (χ1n) is 7.08. The molecule has 0 aliphatic carbocycles. The number of amides is 3. The Morgan fingerprint density at radius 1 is 1.29 bits per heavy atom. The van der Waals surface area contributed by atoms with Crippen molar-refractivity contribution in [1.82, 2.24) is 10.6 Å². The fourth-order valence-corrected chi connectivity index (χ4v) is 1.87. The molecule has 0 aliphatic rings. The van der Waals surface area contributed by atoms with Crippen molar-refractivity contribution in [2.24, 2.45) is 0 Å². The molecular formula is C15H16N4O5. The van der Waals surface area contributed by atoms with E-state index in [0.717, 1.165) is 0 Å². The predicted octanol–water partition coefficient (Wildman–Crippen LogP) is 2.01. The Hall–Kier alpha value is -3.36. The molecule has 9 nitrogen and oxygen atoms in total. The van der Waals surface area contributed by atoms with E-state index in [-0.39, 0.29) is 23.8 Å². The maximum Gasteiger partial charge on any atom is 0.319 e. The molecule has 1 heterocycles. The first-order chi connectivity index (χ1) is 11.5. The molecule has 9 heteroatoms. The van der Waals surface area contributed by atoms with Crippen molar-refractivity contribution in [1.29, 1.82) is 0 Å². The summed E-state index contributed by atoms with van der Waals surface area (Å²) >= 11 is 0. The number of furan rings is 1. The Morgan fingerprint density at radius 2 is 2.08 bits per heavy atom. The molecule has 2 aromatic rings. The number of benzene rings is 1. The van der Waals surface area contributed by atoms with E-state index in [2.05, 4.69) is 16.0 Å². The maximum atomic E-state index is 11.9. The van der Waals surface area contributed by atoms with Crippen LogP contribution in [0.4, 0.5) is 16.2 Å². The van der Waals surface area contributed by atoms with Gasteiger partial charge in [0.15, 0.2) is 0 Å². The van der Waals surface area contributed by atoms with E-state index in [0.29, 0.717) is 5.76 Å². The lowest BCUT2D eigenvalue weighted by molar-refractivity contribution is -0.384. The third-order valence-electron chi connectivity index (χ3n) is 3.07. The van der Waals surface area contributed by atoms with Gasteiger partial charge in [0, 0.05) is 17.8 Å². The average molecular weight is 332 g/mol. The molecule has 0 saturated heterocycles. The first kappa shape index (κ1) is 17.0. The molecule has 1 aromatic carbocycles. The van der Waals surface area contributed by atoms with Crippen molar-refractivity contribution in [3.8, 4) is 0 Å². The molecule has 3 amide bonds. The van der Waals surface area contributed by atoms with Crippen LogP contribution in [0.1, 0.15) is 12.7 Å². The average Bonchev–Trinajstić information content (AvgIpc) is 3.06. The number of anilines is 1. The van der Waals surface area contributed by atoms with Crippen LogP contribution in [0.2, 0.25) is 0 Å². The summed E-state index contributed by atoms with van der Waals surface area (Å²) in [5.74, 6) is 0.206. The number of hydrogen-bond acceptors (Lipinski definition) is 5. The predicted molar refractivity (Wildman–Crippen MR) is 85.3 cm³/mol. The van der Waals surface area contributed by atoms with Gasteiger partial charge in [0.05, 0.1) is 17.7 Å². The smallest absolute Gasteiger partial charge is 0.319 e. The fourth-order valence-electron chi connectivity index (χ4n) is 1.87. The van der Waals surface area contributed by atoms with Crippen LogP contribution in [-0.4, -0.2) is 22.9 Å².